The van der Waals surface area contributed by atoms with Crippen LogP contribution in [-0.4, -0.2) is 22.2 Å². The molecule has 4 nitrogen and oxygen atoms in total. The van der Waals surface area contributed by atoms with E-state index in [4.69, 9.17) is 10.2 Å². The van der Waals surface area contributed by atoms with Crippen molar-refractivity contribution in [2.45, 2.75) is 33.6 Å². The normalized spacial score (nSPS) is 11.5. The molecule has 17 heavy (non-hydrogen) atoms. The Morgan fingerprint density at radius 1 is 1.29 bits per heavy atom. The third-order valence-electron chi connectivity index (χ3n) is 2.84. The first-order valence-corrected chi connectivity index (χ1v) is 6.18. The minimum atomic E-state index is -1.07. The van der Waals surface area contributed by atoms with Crippen molar-refractivity contribution >= 4 is 23.3 Å². The van der Waals surface area contributed by atoms with Gasteiger partial charge in [0.05, 0.1) is 0 Å². The highest BCUT2D eigenvalue weighted by Crippen LogP contribution is 2.31. The summed E-state index contributed by atoms with van der Waals surface area (Å²) in [4.78, 5) is 22.1. The highest BCUT2D eigenvalue weighted by atomic mass is 32.1. The van der Waals surface area contributed by atoms with Crippen LogP contribution >= 0.6 is 11.3 Å². The molecule has 0 spiro atoms. The maximum absolute atomic E-state index is 11.0. The molecule has 0 aliphatic heterocycles. The summed E-state index contributed by atoms with van der Waals surface area (Å²) in [6.07, 6.45) is 1.49. The average molecular weight is 256 g/mol. The molecule has 2 N–H and O–H groups in total. The number of hydrogen-bond acceptors (Lipinski definition) is 3. The van der Waals surface area contributed by atoms with Crippen molar-refractivity contribution in [2.24, 2.45) is 5.41 Å². The largest absolute Gasteiger partial charge is 0.477 e. The highest BCUT2D eigenvalue weighted by molar-refractivity contribution is 7.16. The van der Waals surface area contributed by atoms with Crippen LogP contribution < -0.4 is 0 Å². The SMILES string of the molecule is CCC(C)(C)Cc1cc(C(=O)O)sc1C(=O)O. The lowest BCUT2D eigenvalue weighted by molar-refractivity contribution is 0.0691. The molecule has 1 aromatic rings. The Kier molecular flexibility index (Phi) is 3.93. The number of carboxylic acids is 2. The average Bonchev–Trinajstić information content (AvgIpc) is 2.61. The summed E-state index contributed by atoms with van der Waals surface area (Å²) in [5.74, 6) is -2.12. The fourth-order valence-electron chi connectivity index (χ4n) is 1.49. The van der Waals surface area contributed by atoms with Gasteiger partial charge in [-0.15, -0.1) is 11.3 Å². The first-order chi connectivity index (χ1) is 7.76. The first-order valence-electron chi connectivity index (χ1n) is 5.36. The molecule has 0 aromatic carbocycles. The number of carbonyl (C=O) groups is 2. The molecule has 5 heteroatoms. The van der Waals surface area contributed by atoms with Crippen LogP contribution in [0.1, 0.15) is 52.1 Å². The zero-order valence-electron chi connectivity index (χ0n) is 10.1. The number of rotatable bonds is 5. The topological polar surface area (TPSA) is 74.6 Å². The molecule has 0 aliphatic rings. The van der Waals surface area contributed by atoms with Crippen molar-refractivity contribution < 1.29 is 19.8 Å². The Morgan fingerprint density at radius 2 is 1.88 bits per heavy atom. The Balaban J connectivity index is 3.13. The predicted octanol–water partition coefficient (Wildman–Crippen LogP) is 3.12. The van der Waals surface area contributed by atoms with E-state index < -0.39 is 11.9 Å². The van der Waals surface area contributed by atoms with E-state index in [0.29, 0.717) is 12.0 Å². The van der Waals surface area contributed by atoms with Gasteiger partial charge in [0.1, 0.15) is 9.75 Å². The van der Waals surface area contributed by atoms with Gasteiger partial charge in [-0.05, 0) is 23.5 Å². The van der Waals surface area contributed by atoms with Crippen LogP contribution in [0.25, 0.3) is 0 Å². The molecule has 0 aliphatic carbocycles. The number of aromatic carboxylic acids is 2. The van der Waals surface area contributed by atoms with Gasteiger partial charge in [-0.3, -0.25) is 0 Å². The summed E-state index contributed by atoms with van der Waals surface area (Å²) in [6.45, 7) is 6.11. The van der Waals surface area contributed by atoms with E-state index in [1.54, 1.807) is 0 Å². The lowest BCUT2D eigenvalue weighted by Gasteiger charge is -2.22. The molecule has 1 heterocycles. The predicted molar refractivity (Wildman–Crippen MR) is 66.0 cm³/mol. The van der Waals surface area contributed by atoms with Gasteiger partial charge in [0.25, 0.3) is 0 Å². The van der Waals surface area contributed by atoms with Crippen molar-refractivity contribution in [1.29, 1.82) is 0 Å². The summed E-state index contributed by atoms with van der Waals surface area (Å²) in [5, 5.41) is 17.9. The molecule has 1 aromatic heterocycles. The van der Waals surface area contributed by atoms with E-state index in [1.165, 1.54) is 6.07 Å². The van der Waals surface area contributed by atoms with Crippen LogP contribution in [0.15, 0.2) is 6.07 Å². The van der Waals surface area contributed by atoms with E-state index in [2.05, 4.69) is 0 Å². The van der Waals surface area contributed by atoms with Gasteiger partial charge in [0, 0.05) is 0 Å². The number of thiophene rings is 1. The number of carboxylic acid groups (broad SMARTS) is 2. The monoisotopic (exact) mass is 256 g/mol. The second-order valence-corrected chi connectivity index (χ2v) is 5.82. The van der Waals surface area contributed by atoms with Crippen molar-refractivity contribution in [1.82, 2.24) is 0 Å². The maximum Gasteiger partial charge on any atom is 0.346 e. The fourth-order valence-corrected chi connectivity index (χ4v) is 2.34. The van der Waals surface area contributed by atoms with Crippen LogP contribution in [0, 0.1) is 5.41 Å². The molecule has 0 bridgehead atoms. The third kappa shape index (κ3) is 3.30. The van der Waals surface area contributed by atoms with Gasteiger partial charge < -0.3 is 10.2 Å². The molecule has 0 amide bonds. The van der Waals surface area contributed by atoms with E-state index in [-0.39, 0.29) is 15.2 Å². The van der Waals surface area contributed by atoms with Gasteiger partial charge in [-0.2, -0.15) is 0 Å². The van der Waals surface area contributed by atoms with Gasteiger partial charge in [0.2, 0.25) is 0 Å². The molecule has 94 valence electrons. The molecule has 0 fully saturated rings. The molecular formula is C12H16O4S. The quantitative estimate of drug-likeness (QED) is 0.848. The van der Waals surface area contributed by atoms with E-state index in [0.717, 1.165) is 17.8 Å². The molecular weight excluding hydrogens is 240 g/mol. The van der Waals surface area contributed by atoms with Crippen LogP contribution in [0.2, 0.25) is 0 Å². The lowest BCUT2D eigenvalue weighted by atomic mass is 9.83. The standard InChI is InChI=1S/C12H16O4S/c1-4-12(2,3)6-7-5-8(10(13)14)17-9(7)11(15)16/h5H,4,6H2,1-3H3,(H,13,14)(H,15,16). The minimum absolute atomic E-state index is 0.0267. The minimum Gasteiger partial charge on any atom is -0.477 e. The second-order valence-electron chi connectivity index (χ2n) is 4.77. The van der Waals surface area contributed by atoms with Crippen LogP contribution in [0.3, 0.4) is 0 Å². The lowest BCUT2D eigenvalue weighted by Crippen LogP contribution is -2.14. The Labute approximate surface area is 104 Å². The van der Waals surface area contributed by atoms with Crippen LogP contribution in [-0.2, 0) is 6.42 Å². The molecule has 1 rings (SSSR count). The van der Waals surface area contributed by atoms with Crippen molar-refractivity contribution in [2.75, 3.05) is 0 Å². The first kappa shape index (κ1) is 13.7. The van der Waals surface area contributed by atoms with E-state index in [9.17, 15) is 9.59 Å². The van der Waals surface area contributed by atoms with Crippen LogP contribution in [0.4, 0.5) is 0 Å². The van der Waals surface area contributed by atoms with Gasteiger partial charge in [0.15, 0.2) is 0 Å². The molecule has 0 unspecified atom stereocenters. The summed E-state index contributed by atoms with van der Waals surface area (Å²) in [5.41, 5.74) is 0.591. The summed E-state index contributed by atoms with van der Waals surface area (Å²) in [7, 11) is 0. The Hall–Kier alpha value is -1.36. The van der Waals surface area contributed by atoms with Crippen LogP contribution in [0.5, 0.6) is 0 Å². The smallest absolute Gasteiger partial charge is 0.346 e. The Bertz CT molecular complexity index is 445. The molecule has 0 radical (unpaired) electrons. The summed E-state index contributed by atoms with van der Waals surface area (Å²) < 4.78 is 0. The fraction of sp³-hybridized carbons (Fsp3) is 0.500. The van der Waals surface area contributed by atoms with Gasteiger partial charge >= 0.3 is 11.9 Å². The summed E-state index contributed by atoms with van der Waals surface area (Å²) >= 11 is 0.828. The van der Waals surface area contributed by atoms with Crippen molar-refractivity contribution in [3.05, 3.63) is 21.4 Å². The summed E-state index contributed by atoms with van der Waals surface area (Å²) in [6, 6.07) is 1.48. The molecule has 0 saturated heterocycles. The van der Waals surface area contributed by atoms with Crippen molar-refractivity contribution in [3.8, 4) is 0 Å². The van der Waals surface area contributed by atoms with E-state index in [1.807, 2.05) is 20.8 Å². The third-order valence-corrected chi connectivity index (χ3v) is 3.99. The van der Waals surface area contributed by atoms with E-state index >= 15 is 0 Å². The number of hydrogen-bond donors (Lipinski definition) is 2. The zero-order chi connectivity index (χ0) is 13.2. The zero-order valence-corrected chi connectivity index (χ0v) is 10.9. The highest BCUT2D eigenvalue weighted by Gasteiger charge is 2.24. The second kappa shape index (κ2) is 4.87. The molecule has 0 atom stereocenters. The maximum atomic E-state index is 11.0. The van der Waals surface area contributed by atoms with Gasteiger partial charge in [-0.25, -0.2) is 9.59 Å². The molecule has 0 saturated carbocycles. The van der Waals surface area contributed by atoms with Crippen molar-refractivity contribution in [3.63, 3.8) is 0 Å². The van der Waals surface area contributed by atoms with Gasteiger partial charge in [-0.1, -0.05) is 27.2 Å². The Morgan fingerprint density at radius 3 is 2.29 bits per heavy atom.